The molecular weight excluding hydrogens is 292 g/mol. The minimum atomic E-state index is -1.10. The molecule has 0 unspecified atom stereocenters. The number of carbonyl (C=O) groups is 2. The summed E-state index contributed by atoms with van der Waals surface area (Å²) >= 11 is 0. The van der Waals surface area contributed by atoms with E-state index in [0.717, 1.165) is 5.56 Å². The van der Waals surface area contributed by atoms with Crippen molar-refractivity contribution in [3.8, 4) is 0 Å². The summed E-state index contributed by atoms with van der Waals surface area (Å²) in [5, 5.41) is 0. The number of likely N-dealkylation sites (N-methyl/N-ethyl adjacent to an activating group) is 1. The first-order valence-electron chi connectivity index (χ1n) is 8.09. The van der Waals surface area contributed by atoms with Gasteiger partial charge in [0.1, 0.15) is 0 Å². The van der Waals surface area contributed by atoms with Crippen LogP contribution in [-0.2, 0) is 16.0 Å². The smallest absolute Gasteiger partial charge is 0.339 e. The molecule has 1 fully saturated rings. The van der Waals surface area contributed by atoms with E-state index in [1.807, 2.05) is 37.2 Å². The van der Waals surface area contributed by atoms with Gasteiger partial charge in [0.05, 0.1) is 5.56 Å². The molecule has 1 saturated heterocycles. The lowest BCUT2D eigenvalue weighted by molar-refractivity contribution is -0.150. The topological polar surface area (TPSA) is 49.9 Å². The van der Waals surface area contributed by atoms with Crippen LogP contribution in [0.15, 0.2) is 24.3 Å². The monoisotopic (exact) mass is 316 g/mol. The summed E-state index contributed by atoms with van der Waals surface area (Å²) in [6.07, 6.45) is 0.436. The molecule has 0 aromatic heterocycles. The van der Waals surface area contributed by atoms with E-state index in [1.165, 1.54) is 0 Å². The minimum Gasteiger partial charge on any atom is -0.445 e. The molecule has 3 rings (SSSR count). The van der Waals surface area contributed by atoms with Gasteiger partial charge in [-0.3, -0.25) is 4.79 Å². The van der Waals surface area contributed by atoms with E-state index < -0.39 is 11.6 Å². The SMILES string of the molecule is C[C@@H]1CN(C(=O)[C@]2(C)Cc3ccccc3C(=O)O2)C[C@@H]1N(C)C. The van der Waals surface area contributed by atoms with Gasteiger partial charge in [-0.05, 0) is 38.6 Å². The van der Waals surface area contributed by atoms with Crippen LogP contribution in [0.3, 0.4) is 0 Å². The van der Waals surface area contributed by atoms with Crippen molar-refractivity contribution in [3.63, 3.8) is 0 Å². The van der Waals surface area contributed by atoms with Crippen LogP contribution in [-0.4, -0.2) is 60.5 Å². The van der Waals surface area contributed by atoms with Gasteiger partial charge in [-0.25, -0.2) is 4.79 Å². The Hall–Kier alpha value is -1.88. The fourth-order valence-electron chi connectivity index (χ4n) is 3.77. The molecule has 5 nitrogen and oxygen atoms in total. The summed E-state index contributed by atoms with van der Waals surface area (Å²) in [6, 6.07) is 7.70. The first kappa shape index (κ1) is 16.0. The van der Waals surface area contributed by atoms with Crippen molar-refractivity contribution in [2.75, 3.05) is 27.2 Å². The largest absolute Gasteiger partial charge is 0.445 e. The van der Waals surface area contributed by atoms with E-state index in [4.69, 9.17) is 4.74 Å². The van der Waals surface area contributed by atoms with Crippen molar-refractivity contribution in [2.45, 2.75) is 31.9 Å². The highest BCUT2D eigenvalue weighted by Crippen LogP contribution is 2.31. The van der Waals surface area contributed by atoms with Crippen molar-refractivity contribution in [3.05, 3.63) is 35.4 Å². The zero-order chi connectivity index (χ0) is 16.8. The van der Waals surface area contributed by atoms with E-state index in [-0.39, 0.29) is 5.91 Å². The maximum atomic E-state index is 13.0. The molecule has 2 aliphatic heterocycles. The molecule has 1 aromatic carbocycles. The average Bonchev–Trinajstić information content (AvgIpc) is 2.88. The van der Waals surface area contributed by atoms with Crippen LogP contribution in [0, 0.1) is 5.92 Å². The van der Waals surface area contributed by atoms with E-state index in [9.17, 15) is 9.59 Å². The lowest BCUT2D eigenvalue weighted by atomic mass is 9.89. The fourth-order valence-corrected chi connectivity index (χ4v) is 3.77. The molecule has 3 atom stereocenters. The van der Waals surface area contributed by atoms with Gasteiger partial charge >= 0.3 is 5.97 Å². The quantitative estimate of drug-likeness (QED) is 0.777. The van der Waals surface area contributed by atoms with E-state index in [0.29, 0.717) is 37.0 Å². The van der Waals surface area contributed by atoms with Crippen LogP contribution < -0.4 is 0 Å². The molecule has 0 spiro atoms. The lowest BCUT2D eigenvalue weighted by Gasteiger charge is -2.36. The maximum absolute atomic E-state index is 13.0. The number of esters is 1. The second-order valence-electron chi connectivity index (χ2n) is 7.17. The number of nitrogens with zero attached hydrogens (tertiary/aromatic N) is 2. The normalized spacial score (nSPS) is 30.3. The Balaban J connectivity index is 1.82. The number of benzene rings is 1. The van der Waals surface area contributed by atoms with Crippen molar-refractivity contribution < 1.29 is 14.3 Å². The second kappa shape index (κ2) is 5.64. The molecule has 23 heavy (non-hydrogen) atoms. The molecule has 0 aliphatic carbocycles. The van der Waals surface area contributed by atoms with Crippen molar-refractivity contribution in [2.24, 2.45) is 5.92 Å². The third-order valence-corrected chi connectivity index (χ3v) is 5.06. The standard InChI is InChI=1S/C18H24N2O3/c1-12-10-20(11-15(12)19(3)4)17(22)18(2)9-13-7-5-6-8-14(13)16(21)23-18/h5-8,12,15H,9-11H2,1-4H3/t12-,15+,18+/m1/s1. The average molecular weight is 316 g/mol. The number of rotatable bonds is 2. The molecule has 0 radical (unpaired) electrons. The lowest BCUT2D eigenvalue weighted by Crippen LogP contribution is -2.53. The molecule has 1 amide bonds. The Bertz CT molecular complexity index is 643. The first-order valence-corrected chi connectivity index (χ1v) is 8.09. The zero-order valence-corrected chi connectivity index (χ0v) is 14.2. The summed E-state index contributed by atoms with van der Waals surface area (Å²) in [5.41, 5.74) is 0.349. The third kappa shape index (κ3) is 2.74. The highest BCUT2D eigenvalue weighted by Gasteiger charge is 2.47. The van der Waals surface area contributed by atoms with E-state index in [1.54, 1.807) is 13.0 Å². The van der Waals surface area contributed by atoms with Gasteiger partial charge in [-0.1, -0.05) is 25.1 Å². The Morgan fingerprint density at radius 3 is 2.65 bits per heavy atom. The van der Waals surface area contributed by atoms with Crippen molar-refractivity contribution in [1.29, 1.82) is 0 Å². The molecule has 1 aromatic rings. The first-order chi connectivity index (χ1) is 10.8. The Morgan fingerprint density at radius 2 is 2.00 bits per heavy atom. The predicted octanol–water partition coefficient (Wildman–Crippen LogP) is 1.57. The number of hydrogen-bond donors (Lipinski definition) is 0. The molecule has 124 valence electrons. The number of carbonyl (C=O) groups excluding carboxylic acids is 2. The minimum absolute atomic E-state index is 0.0865. The van der Waals surface area contributed by atoms with E-state index in [2.05, 4.69) is 11.8 Å². The van der Waals surface area contributed by atoms with Gasteiger partial charge in [0.25, 0.3) is 5.91 Å². The number of amides is 1. The maximum Gasteiger partial charge on any atom is 0.339 e. The van der Waals surface area contributed by atoms with Crippen molar-refractivity contribution in [1.82, 2.24) is 9.80 Å². The summed E-state index contributed by atoms with van der Waals surface area (Å²) in [6.45, 7) is 5.28. The summed E-state index contributed by atoms with van der Waals surface area (Å²) in [4.78, 5) is 29.3. The predicted molar refractivity (Wildman–Crippen MR) is 87.2 cm³/mol. The number of hydrogen-bond acceptors (Lipinski definition) is 4. The van der Waals surface area contributed by atoms with Crippen LogP contribution in [0.1, 0.15) is 29.8 Å². The zero-order valence-electron chi connectivity index (χ0n) is 14.2. The summed E-state index contributed by atoms with van der Waals surface area (Å²) in [7, 11) is 4.07. The van der Waals surface area contributed by atoms with Crippen molar-refractivity contribution >= 4 is 11.9 Å². The van der Waals surface area contributed by atoms with Crippen LogP contribution >= 0.6 is 0 Å². The van der Waals surface area contributed by atoms with Crippen LogP contribution in [0.2, 0.25) is 0 Å². The summed E-state index contributed by atoms with van der Waals surface area (Å²) < 4.78 is 5.56. The van der Waals surface area contributed by atoms with Gasteiger partial charge in [0.15, 0.2) is 5.60 Å². The third-order valence-electron chi connectivity index (χ3n) is 5.06. The molecule has 0 N–H and O–H groups in total. The van der Waals surface area contributed by atoms with Crippen LogP contribution in [0.4, 0.5) is 0 Å². The highest BCUT2D eigenvalue weighted by molar-refractivity contribution is 5.97. The Kier molecular flexibility index (Phi) is 3.92. The van der Waals surface area contributed by atoms with E-state index >= 15 is 0 Å². The Morgan fingerprint density at radius 1 is 1.30 bits per heavy atom. The van der Waals surface area contributed by atoms with Crippen LogP contribution in [0.25, 0.3) is 0 Å². The Labute approximate surface area is 137 Å². The highest BCUT2D eigenvalue weighted by atomic mass is 16.6. The van der Waals surface area contributed by atoms with Gasteiger partial charge in [0.2, 0.25) is 0 Å². The molecular formula is C18H24N2O3. The van der Waals surface area contributed by atoms with Crippen LogP contribution in [0.5, 0.6) is 0 Å². The molecule has 2 aliphatic rings. The second-order valence-corrected chi connectivity index (χ2v) is 7.17. The number of likely N-dealkylation sites (tertiary alicyclic amines) is 1. The molecule has 0 bridgehead atoms. The van der Waals surface area contributed by atoms with Gasteiger partial charge in [0, 0.05) is 25.6 Å². The van der Waals surface area contributed by atoms with Gasteiger partial charge < -0.3 is 14.5 Å². The number of cyclic esters (lactones) is 1. The number of fused-ring (bicyclic) bond motifs is 1. The summed E-state index contributed by atoms with van der Waals surface area (Å²) in [5.74, 6) is -0.0835. The number of ether oxygens (including phenoxy) is 1. The van der Waals surface area contributed by atoms with Gasteiger partial charge in [-0.15, -0.1) is 0 Å². The molecule has 0 saturated carbocycles. The molecule has 2 heterocycles. The van der Waals surface area contributed by atoms with Gasteiger partial charge in [-0.2, -0.15) is 0 Å². The molecule has 5 heteroatoms. The fraction of sp³-hybridized carbons (Fsp3) is 0.556.